The Morgan fingerprint density at radius 1 is 1.26 bits per heavy atom. The summed E-state index contributed by atoms with van der Waals surface area (Å²) in [5.74, 6) is 0.261. The molecule has 0 spiro atoms. The van der Waals surface area contributed by atoms with Gasteiger partial charge in [0, 0.05) is 32.5 Å². The molecule has 2 saturated heterocycles. The predicted molar refractivity (Wildman–Crippen MR) is 71.6 cm³/mol. The van der Waals surface area contributed by atoms with Crippen LogP contribution in [0.1, 0.15) is 39.5 Å². The van der Waals surface area contributed by atoms with Crippen molar-refractivity contribution in [1.29, 1.82) is 0 Å². The number of hydrogen-bond acceptors (Lipinski definition) is 3. The zero-order valence-electron chi connectivity index (χ0n) is 11.9. The molecule has 1 N–H and O–H groups in total. The van der Waals surface area contributed by atoms with Gasteiger partial charge in [-0.3, -0.25) is 9.59 Å². The van der Waals surface area contributed by atoms with E-state index >= 15 is 0 Å². The highest BCUT2D eigenvalue weighted by molar-refractivity contribution is 5.79. The molecular weight excluding hydrogens is 244 g/mol. The van der Waals surface area contributed by atoms with Gasteiger partial charge in [-0.15, -0.1) is 0 Å². The van der Waals surface area contributed by atoms with Crippen molar-refractivity contribution in [3.63, 3.8) is 0 Å². The highest BCUT2D eigenvalue weighted by Gasteiger charge is 2.29. The van der Waals surface area contributed by atoms with E-state index < -0.39 is 0 Å². The Morgan fingerprint density at radius 2 is 1.95 bits per heavy atom. The van der Waals surface area contributed by atoms with E-state index in [1.165, 1.54) is 0 Å². The van der Waals surface area contributed by atoms with Crippen LogP contribution in [0.2, 0.25) is 0 Å². The van der Waals surface area contributed by atoms with Crippen LogP contribution in [-0.2, 0) is 14.3 Å². The summed E-state index contributed by atoms with van der Waals surface area (Å²) in [6.45, 7) is 5.80. The summed E-state index contributed by atoms with van der Waals surface area (Å²) in [6.07, 6.45) is 3.82. The summed E-state index contributed by atoms with van der Waals surface area (Å²) in [5.41, 5.74) is 0. The fraction of sp³-hybridized carbons (Fsp3) is 0.857. The third kappa shape index (κ3) is 3.69. The number of hydrogen-bond donors (Lipinski definition) is 1. The van der Waals surface area contributed by atoms with Crippen molar-refractivity contribution in [2.24, 2.45) is 5.92 Å². The molecule has 2 atom stereocenters. The van der Waals surface area contributed by atoms with Crippen molar-refractivity contribution in [3.8, 4) is 0 Å². The lowest BCUT2D eigenvalue weighted by Crippen LogP contribution is -2.47. The number of nitrogens with zero attached hydrogens (tertiary/aromatic N) is 1. The van der Waals surface area contributed by atoms with E-state index in [1.807, 2.05) is 11.8 Å². The Morgan fingerprint density at radius 3 is 2.47 bits per heavy atom. The summed E-state index contributed by atoms with van der Waals surface area (Å²) in [6, 6.07) is 0.0841. The first-order valence-electron chi connectivity index (χ1n) is 7.25. The standard InChI is InChI=1S/C14H24N2O3/c1-10(13-4-3-9-19-13)15-14(18)12-5-7-16(8-6-12)11(2)17/h10,12-13H,3-9H2,1-2H3,(H,15,18). The van der Waals surface area contributed by atoms with Gasteiger partial charge in [-0.25, -0.2) is 0 Å². The number of rotatable bonds is 3. The molecule has 5 heteroatoms. The van der Waals surface area contributed by atoms with E-state index in [9.17, 15) is 9.59 Å². The molecule has 0 aromatic heterocycles. The second kappa shape index (κ2) is 6.37. The Labute approximate surface area is 114 Å². The molecule has 0 aliphatic carbocycles. The minimum Gasteiger partial charge on any atom is -0.376 e. The first kappa shape index (κ1) is 14.3. The SMILES string of the molecule is CC(=O)N1CCC(C(=O)NC(C)C2CCCO2)CC1. The zero-order valence-corrected chi connectivity index (χ0v) is 11.9. The molecule has 108 valence electrons. The maximum atomic E-state index is 12.2. The number of ether oxygens (including phenoxy) is 1. The Kier molecular flexibility index (Phi) is 4.80. The van der Waals surface area contributed by atoms with Gasteiger partial charge in [0.05, 0.1) is 12.1 Å². The van der Waals surface area contributed by atoms with Crippen LogP contribution in [0.15, 0.2) is 0 Å². The van der Waals surface area contributed by atoms with Crippen LogP contribution in [0.5, 0.6) is 0 Å². The van der Waals surface area contributed by atoms with Gasteiger partial charge in [0.15, 0.2) is 0 Å². The largest absolute Gasteiger partial charge is 0.376 e. The van der Waals surface area contributed by atoms with Crippen molar-refractivity contribution < 1.29 is 14.3 Å². The number of nitrogens with one attached hydrogen (secondary N) is 1. The molecule has 0 bridgehead atoms. The predicted octanol–water partition coefficient (Wildman–Crippen LogP) is 0.929. The van der Waals surface area contributed by atoms with Crippen LogP contribution in [0.4, 0.5) is 0 Å². The molecule has 2 rings (SSSR count). The number of piperidine rings is 1. The number of carbonyl (C=O) groups is 2. The van der Waals surface area contributed by atoms with E-state index in [4.69, 9.17) is 4.74 Å². The molecule has 0 radical (unpaired) electrons. The number of carbonyl (C=O) groups excluding carboxylic acids is 2. The van der Waals surface area contributed by atoms with Crippen LogP contribution >= 0.6 is 0 Å². The van der Waals surface area contributed by atoms with Gasteiger partial charge in [0.25, 0.3) is 0 Å². The van der Waals surface area contributed by atoms with Crippen LogP contribution in [0, 0.1) is 5.92 Å². The van der Waals surface area contributed by atoms with E-state index in [0.29, 0.717) is 13.1 Å². The quantitative estimate of drug-likeness (QED) is 0.828. The monoisotopic (exact) mass is 268 g/mol. The second-order valence-electron chi connectivity index (χ2n) is 5.63. The third-order valence-corrected chi connectivity index (χ3v) is 4.20. The lowest BCUT2D eigenvalue weighted by molar-refractivity contribution is -0.134. The summed E-state index contributed by atoms with van der Waals surface area (Å²) in [4.78, 5) is 25.2. The fourth-order valence-electron chi connectivity index (χ4n) is 2.89. The molecule has 2 heterocycles. The normalized spacial score (nSPS) is 26.2. The number of likely N-dealkylation sites (tertiary alicyclic amines) is 1. The summed E-state index contributed by atoms with van der Waals surface area (Å²) < 4.78 is 5.58. The summed E-state index contributed by atoms with van der Waals surface area (Å²) in [5, 5.41) is 3.07. The molecule has 2 fully saturated rings. The molecule has 0 saturated carbocycles. The lowest BCUT2D eigenvalue weighted by Gasteiger charge is -2.31. The first-order chi connectivity index (χ1) is 9.08. The van der Waals surface area contributed by atoms with Crippen molar-refractivity contribution >= 4 is 11.8 Å². The Hall–Kier alpha value is -1.10. The van der Waals surface area contributed by atoms with Crippen LogP contribution in [0.3, 0.4) is 0 Å². The zero-order chi connectivity index (χ0) is 13.8. The van der Waals surface area contributed by atoms with E-state index in [2.05, 4.69) is 5.32 Å². The van der Waals surface area contributed by atoms with Crippen LogP contribution < -0.4 is 5.32 Å². The van der Waals surface area contributed by atoms with E-state index in [0.717, 1.165) is 32.3 Å². The molecule has 2 aliphatic rings. The third-order valence-electron chi connectivity index (χ3n) is 4.20. The number of amides is 2. The minimum absolute atomic E-state index is 0.0412. The fourth-order valence-corrected chi connectivity index (χ4v) is 2.89. The minimum atomic E-state index is 0.0412. The van der Waals surface area contributed by atoms with E-state index in [1.54, 1.807) is 6.92 Å². The molecule has 19 heavy (non-hydrogen) atoms. The maximum absolute atomic E-state index is 12.2. The van der Waals surface area contributed by atoms with Gasteiger partial charge < -0.3 is 15.0 Å². The van der Waals surface area contributed by atoms with Crippen LogP contribution in [-0.4, -0.2) is 48.6 Å². The van der Waals surface area contributed by atoms with Gasteiger partial charge in [-0.05, 0) is 32.6 Å². The Bertz CT molecular complexity index is 332. The highest BCUT2D eigenvalue weighted by Crippen LogP contribution is 2.19. The lowest BCUT2D eigenvalue weighted by atomic mass is 9.95. The first-order valence-corrected chi connectivity index (χ1v) is 7.25. The average molecular weight is 268 g/mol. The van der Waals surface area contributed by atoms with Crippen molar-refractivity contribution in [2.45, 2.75) is 51.7 Å². The van der Waals surface area contributed by atoms with Crippen molar-refractivity contribution in [3.05, 3.63) is 0 Å². The summed E-state index contributed by atoms with van der Waals surface area (Å²) in [7, 11) is 0. The molecule has 0 aromatic rings. The van der Waals surface area contributed by atoms with Gasteiger partial charge in [0.2, 0.25) is 11.8 Å². The smallest absolute Gasteiger partial charge is 0.223 e. The van der Waals surface area contributed by atoms with Gasteiger partial charge >= 0.3 is 0 Å². The molecule has 2 aliphatic heterocycles. The van der Waals surface area contributed by atoms with Gasteiger partial charge in [0.1, 0.15) is 0 Å². The molecule has 2 amide bonds. The average Bonchev–Trinajstić information content (AvgIpc) is 2.92. The van der Waals surface area contributed by atoms with Crippen LogP contribution in [0.25, 0.3) is 0 Å². The molecule has 0 aromatic carbocycles. The van der Waals surface area contributed by atoms with Crippen molar-refractivity contribution in [1.82, 2.24) is 10.2 Å². The topological polar surface area (TPSA) is 58.6 Å². The Balaban J connectivity index is 1.76. The maximum Gasteiger partial charge on any atom is 0.223 e. The molecule has 2 unspecified atom stereocenters. The molecular formula is C14H24N2O3. The summed E-state index contributed by atoms with van der Waals surface area (Å²) >= 11 is 0. The second-order valence-corrected chi connectivity index (χ2v) is 5.63. The van der Waals surface area contributed by atoms with Gasteiger partial charge in [-0.1, -0.05) is 0 Å². The van der Waals surface area contributed by atoms with Gasteiger partial charge in [-0.2, -0.15) is 0 Å². The van der Waals surface area contributed by atoms with E-state index in [-0.39, 0.29) is 29.9 Å². The molecule has 5 nitrogen and oxygen atoms in total. The van der Waals surface area contributed by atoms with Crippen molar-refractivity contribution in [2.75, 3.05) is 19.7 Å². The highest BCUT2D eigenvalue weighted by atomic mass is 16.5.